The summed E-state index contributed by atoms with van der Waals surface area (Å²) in [6, 6.07) is 28.8. The number of benzene rings is 4. The molecule has 190 valence electrons. The molecule has 0 unspecified atom stereocenters. The Balaban J connectivity index is 1.32. The predicted molar refractivity (Wildman–Crippen MR) is 142 cm³/mol. The Bertz CT molecular complexity index is 1420. The van der Waals surface area contributed by atoms with Gasteiger partial charge in [-0.1, -0.05) is 30.3 Å². The van der Waals surface area contributed by atoms with E-state index in [1.807, 2.05) is 43.3 Å². The third-order valence-corrected chi connectivity index (χ3v) is 6.45. The molecule has 4 rings (SSSR count). The van der Waals surface area contributed by atoms with Crippen molar-refractivity contribution in [3.05, 3.63) is 103 Å². The van der Waals surface area contributed by atoms with Crippen molar-refractivity contribution in [1.29, 1.82) is 0 Å². The largest absolute Gasteiger partial charge is 0.494 e. The van der Waals surface area contributed by atoms with Crippen LogP contribution >= 0.6 is 0 Å². The normalized spacial score (nSPS) is 10.8. The van der Waals surface area contributed by atoms with Crippen LogP contribution in [0.5, 0.6) is 23.0 Å². The van der Waals surface area contributed by atoms with Gasteiger partial charge in [0.05, 0.1) is 17.2 Å². The number of hydrogen-bond acceptors (Lipinski definition) is 6. The minimum atomic E-state index is -3.80. The fourth-order valence-electron chi connectivity index (χ4n) is 3.32. The minimum absolute atomic E-state index is 0.0603. The fraction of sp³-hybridized carbons (Fsp3) is 0.107. The van der Waals surface area contributed by atoms with E-state index in [9.17, 15) is 13.2 Å². The number of amides is 1. The van der Waals surface area contributed by atoms with Crippen LogP contribution in [0.3, 0.4) is 0 Å². The lowest BCUT2D eigenvalue weighted by Crippen LogP contribution is -2.20. The summed E-state index contributed by atoms with van der Waals surface area (Å²) < 4.78 is 44.7. The van der Waals surface area contributed by atoms with Crippen LogP contribution in [0.1, 0.15) is 6.92 Å². The Morgan fingerprint density at radius 1 is 0.730 bits per heavy atom. The number of rotatable bonds is 11. The quantitative estimate of drug-likeness (QED) is 0.264. The second-order valence-electron chi connectivity index (χ2n) is 7.78. The number of nitrogens with one attached hydrogen (secondary N) is 2. The predicted octanol–water partition coefficient (Wildman–Crippen LogP) is 5.70. The number of ether oxygens (including phenoxy) is 3. The molecule has 0 aliphatic heterocycles. The molecular weight excluding hydrogens is 492 g/mol. The highest BCUT2D eigenvalue weighted by Crippen LogP contribution is 2.29. The number of para-hydroxylation sites is 3. The fourth-order valence-corrected chi connectivity index (χ4v) is 4.38. The highest BCUT2D eigenvalue weighted by molar-refractivity contribution is 7.92. The van der Waals surface area contributed by atoms with Crippen molar-refractivity contribution in [3.63, 3.8) is 0 Å². The summed E-state index contributed by atoms with van der Waals surface area (Å²) in [5.74, 6) is 1.76. The van der Waals surface area contributed by atoms with Gasteiger partial charge < -0.3 is 19.5 Å². The number of carbonyl (C=O) groups is 1. The van der Waals surface area contributed by atoms with Gasteiger partial charge >= 0.3 is 0 Å². The van der Waals surface area contributed by atoms with E-state index in [4.69, 9.17) is 14.2 Å². The number of carbonyl (C=O) groups excluding carboxylic acids is 1. The molecule has 1 amide bonds. The first-order valence-corrected chi connectivity index (χ1v) is 13.0. The molecule has 0 aliphatic carbocycles. The molecule has 0 bridgehead atoms. The van der Waals surface area contributed by atoms with Crippen molar-refractivity contribution < 1.29 is 27.4 Å². The third kappa shape index (κ3) is 7.25. The lowest BCUT2D eigenvalue weighted by Gasteiger charge is -2.13. The van der Waals surface area contributed by atoms with Gasteiger partial charge in [-0.15, -0.1) is 0 Å². The highest BCUT2D eigenvalue weighted by atomic mass is 32.2. The lowest BCUT2D eigenvalue weighted by molar-refractivity contribution is -0.118. The maximum atomic E-state index is 12.7. The van der Waals surface area contributed by atoms with Crippen LogP contribution < -0.4 is 24.2 Å². The summed E-state index contributed by atoms with van der Waals surface area (Å²) in [6.07, 6.45) is 0. The van der Waals surface area contributed by atoms with Crippen LogP contribution in [0, 0.1) is 0 Å². The monoisotopic (exact) mass is 518 g/mol. The molecule has 0 spiro atoms. The first-order chi connectivity index (χ1) is 17.9. The first kappa shape index (κ1) is 25.6. The Labute approximate surface area is 215 Å². The minimum Gasteiger partial charge on any atom is -0.494 e. The molecule has 0 radical (unpaired) electrons. The van der Waals surface area contributed by atoms with E-state index >= 15 is 0 Å². The average Bonchev–Trinajstić information content (AvgIpc) is 2.91. The van der Waals surface area contributed by atoms with Gasteiger partial charge in [0.2, 0.25) is 0 Å². The summed E-state index contributed by atoms with van der Waals surface area (Å²) in [4.78, 5) is 12.5. The SMILES string of the molecule is CCOc1ccc(NS(=O)(=O)c2ccc(OCC(=O)Nc3ccccc3Oc3ccccc3)cc2)cc1. The molecule has 8 nitrogen and oxygen atoms in total. The number of hydrogen-bond donors (Lipinski definition) is 2. The van der Waals surface area contributed by atoms with E-state index in [0.717, 1.165) is 0 Å². The van der Waals surface area contributed by atoms with Crippen molar-refractivity contribution >= 4 is 27.3 Å². The van der Waals surface area contributed by atoms with Crippen LogP contribution in [0.15, 0.2) is 108 Å². The first-order valence-electron chi connectivity index (χ1n) is 11.5. The van der Waals surface area contributed by atoms with Gasteiger partial charge in [0.1, 0.15) is 17.2 Å². The van der Waals surface area contributed by atoms with Crippen molar-refractivity contribution in [2.24, 2.45) is 0 Å². The van der Waals surface area contributed by atoms with Crippen LogP contribution in [0.25, 0.3) is 0 Å². The second kappa shape index (κ2) is 12.0. The van der Waals surface area contributed by atoms with Crippen LogP contribution in [-0.4, -0.2) is 27.5 Å². The third-order valence-electron chi connectivity index (χ3n) is 5.05. The van der Waals surface area contributed by atoms with Crippen LogP contribution in [-0.2, 0) is 14.8 Å². The number of sulfonamides is 1. The van der Waals surface area contributed by atoms with Gasteiger partial charge in [-0.3, -0.25) is 9.52 Å². The summed E-state index contributed by atoms with van der Waals surface area (Å²) in [6.45, 7) is 2.13. The maximum absolute atomic E-state index is 12.7. The standard InChI is InChI=1S/C28H26N2O6S/c1-2-34-22-14-12-21(13-15-22)30-37(32,33)25-18-16-23(17-19-25)35-20-28(31)29-26-10-6-7-11-27(26)36-24-8-4-3-5-9-24/h3-19,30H,2,20H2,1H3,(H,29,31). The van der Waals surface area contributed by atoms with Crippen LogP contribution in [0.2, 0.25) is 0 Å². The van der Waals surface area contributed by atoms with Crippen molar-refractivity contribution in [2.75, 3.05) is 23.3 Å². The summed E-state index contributed by atoms with van der Waals surface area (Å²) >= 11 is 0. The molecule has 9 heteroatoms. The van der Waals surface area contributed by atoms with Crippen LogP contribution in [0.4, 0.5) is 11.4 Å². The topological polar surface area (TPSA) is 103 Å². The molecule has 4 aromatic rings. The Kier molecular flexibility index (Phi) is 8.27. The zero-order chi connectivity index (χ0) is 26.1. The summed E-state index contributed by atoms with van der Waals surface area (Å²) in [7, 11) is -3.80. The van der Waals surface area contributed by atoms with E-state index in [1.165, 1.54) is 24.3 Å². The molecule has 37 heavy (non-hydrogen) atoms. The molecule has 0 atom stereocenters. The van der Waals surface area contributed by atoms with Gasteiger partial charge in [0.15, 0.2) is 12.4 Å². The van der Waals surface area contributed by atoms with Gasteiger partial charge in [-0.2, -0.15) is 0 Å². The molecule has 0 aliphatic rings. The van der Waals surface area contributed by atoms with Gasteiger partial charge in [0, 0.05) is 5.69 Å². The maximum Gasteiger partial charge on any atom is 0.262 e. The second-order valence-corrected chi connectivity index (χ2v) is 9.46. The van der Waals surface area contributed by atoms with Crippen molar-refractivity contribution in [1.82, 2.24) is 0 Å². The zero-order valence-electron chi connectivity index (χ0n) is 20.1. The molecule has 0 aromatic heterocycles. The average molecular weight is 519 g/mol. The van der Waals surface area contributed by atoms with Gasteiger partial charge in [-0.25, -0.2) is 8.42 Å². The molecule has 0 fully saturated rings. The molecule has 4 aromatic carbocycles. The lowest BCUT2D eigenvalue weighted by atomic mass is 10.3. The highest BCUT2D eigenvalue weighted by Gasteiger charge is 2.15. The smallest absolute Gasteiger partial charge is 0.262 e. The van der Waals surface area contributed by atoms with E-state index < -0.39 is 15.9 Å². The number of anilines is 2. The molecule has 0 saturated heterocycles. The molecule has 0 heterocycles. The van der Waals surface area contributed by atoms with E-state index in [2.05, 4.69) is 10.0 Å². The molecular formula is C28H26N2O6S. The zero-order valence-corrected chi connectivity index (χ0v) is 20.9. The van der Waals surface area contributed by atoms with E-state index in [0.29, 0.717) is 41.0 Å². The van der Waals surface area contributed by atoms with Gasteiger partial charge in [-0.05, 0) is 79.7 Å². The Morgan fingerprint density at radius 2 is 1.35 bits per heavy atom. The Hall–Kier alpha value is -4.50. The van der Waals surface area contributed by atoms with E-state index in [-0.39, 0.29) is 11.5 Å². The van der Waals surface area contributed by atoms with E-state index in [1.54, 1.807) is 42.5 Å². The van der Waals surface area contributed by atoms with Crippen molar-refractivity contribution in [3.8, 4) is 23.0 Å². The Morgan fingerprint density at radius 3 is 2.05 bits per heavy atom. The molecule has 2 N–H and O–H groups in total. The van der Waals surface area contributed by atoms with Gasteiger partial charge in [0.25, 0.3) is 15.9 Å². The molecule has 0 saturated carbocycles. The van der Waals surface area contributed by atoms with Crippen molar-refractivity contribution in [2.45, 2.75) is 11.8 Å². The summed E-state index contributed by atoms with van der Waals surface area (Å²) in [5.41, 5.74) is 0.915. The summed E-state index contributed by atoms with van der Waals surface area (Å²) in [5, 5.41) is 2.77.